The van der Waals surface area contributed by atoms with Gasteiger partial charge in [0, 0.05) is 0 Å². The Kier molecular flexibility index (Phi) is 3.44. The number of H-pyrrole nitrogens is 1. The number of fused-ring (bicyclic) bond motifs is 1. The summed E-state index contributed by atoms with van der Waals surface area (Å²) in [6.07, 6.45) is 0. The Bertz CT molecular complexity index is 1200. The third-order valence-corrected chi connectivity index (χ3v) is 3.96. The van der Waals surface area contributed by atoms with Gasteiger partial charge >= 0.3 is 0 Å². The molecule has 0 saturated heterocycles. The summed E-state index contributed by atoms with van der Waals surface area (Å²) in [5.41, 5.74) is -3.41. The van der Waals surface area contributed by atoms with Crippen LogP contribution < -0.4 is 5.56 Å². The first-order valence-electron chi connectivity index (χ1n) is 6.94. The minimum absolute atomic E-state index is 0.894. The summed E-state index contributed by atoms with van der Waals surface area (Å²) < 4.78 is 0. The number of nitrogens with one attached hydrogen (secondary N) is 1. The Morgan fingerprint density at radius 3 is 1.37 bits per heavy atom. The zero-order valence-electron chi connectivity index (χ0n) is 12.9. The van der Waals surface area contributed by atoms with E-state index in [9.17, 15) is 55.9 Å². The molecular formula is C15H11NO11. The van der Waals surface area contributed by atoms with E-state index in [4.69, 9.17) is 0 Å². The van der Waals surface area contributed by atoms with Crippen LogP contribution in [0.1, 0.15) is 0 Å². The van der Waals surface area contributed by atoms with E-state index in [0.29, 0.717) is 0 Å². The van der Waals surface area contributed by atoms with Crippen molar-refractivity contribution in [3.05, 3.63) is 10.4 Å². The molecule has 3 aromatic rings. The number of aromatic hydroxyl groups is 10. The van der Waals surface area contributed by atoms with Gasteiger partial charge in [-0.15, -0.1) is 0 Å². The first-order valence-corrected chi connectivity index (χ1v) is 6.94. The number of phenolic OH excluding ortho intramolecular Hbond substituents is 7. The molecule has 0 spiro atoms. The van der Waals surface area contributed by atoms with Gasteiger partial charge in [-0.1, -0.05) is 0 Å². The maximum Gasteiger partial charge on any atom is 0.293 e. The molecule has 0 atom stereocenters. The molecule has 142 valence electrons. The summed E-state index contributed by atoms with van der Waals surface area (Å²) >= 11 is 0. The molecule has 0 aliphatic heterocycles. The van der Waals surface area contributed by atoms with Crippen molar-refractivity contribution in [1.29, 1.82) is 0 Å². The van der Waals surface area contributed by atoms with Gasteiger partial charge in [-0.2, -0.15) is 0 Å². The van der Waals surface area contributed by atoms with Crippen LogP contribution in [0.2, 0.25) is 0 Å². The summed E-state index contributed by atoms with van der Waals surface area (Å²) in [4.78, 5) is 13.3. The van der Waals surface area contributed by atoms with E-state index in [1.54, 1.807) is 4.98 Å². The van der Waals surface area contributed by atoms with Gasteiger partial charge in [0.2, 0.25) is 17.4 Å². The molecule has 0 aliphatic carbocycles. The van der Waals surface area contributed by atoms with Crippen molar-refractivity contribution in [3.63, 3.8) is 0 Å². The predicted octanol–water partition coefficient (Wildman–Crippen LogP) is 0.251. The maximum atomic E-state index is 11.6. The molecule has 12 heteroatoms. The zero-order valence-corrected chi connectivity index (χ0v) is 12.9. The van der Waals surface area contributed by atoms with Crippen molar-refractivity contribution in [3.8, 4) is 68.8 Å². The van der Waals surface area contributed by atoms with E-state index < -0.39 is 85.1 Å². The van der Waals surface area contributed by atoms with Gasteiger partial charge in [-0.3, -0.25) is 9.78 Å². The van der Waals surface area contributed by atoms with Crippen LogP contribution in [0.4, 0.5) is 0 Å². The molecule has 2 aromatic carbocycles. The van der Waals surface area contributed by atoms with Gasteiger partial charge in [0.1, 0.15) is 5.75 Å². The molecule has 0 radical (unpaired) electrons. The largest absolute Gasteiger partial charge is 0.506 e. The lowest BCUT2D eigenvalue weighted by Gasteiger charge is -2.17. The third kappa shape index (κ3) is 2.06. The molecule has 11 N–H and O–H groups in total. The lowest BCUT2D eigenvalue weighted by atomic mass is 9.95. The normalized spacial score (nSPS) is 11.1. The second kappa shape index (κ2) is 5.32. The van der Waals surface area contributed by atoms with Gasteiger partial charge in [0.15, 0.2) is 34.5 Å². The lowest BCUT2D eigenvalue weighted by molar-refractivity contribution is 0.347. The Hall–Kier alpha value is -4.35. The molecule has 1 aromatic heterocycles. The standard InChI is InChI=1S/C15H11NO11/c17-5-1-3(9(21)13(25)12(24)8(1)20)7(19)6(18)2(5)4-10(22)14(26)16-15(27)11(4)23/h17-25H,(H2,16,26,27). The van der Waals surface area contributed by atoms with Gasteiger partial charge in [-0.05, 0) is 0 Å². The number of hydrogen-bond donors (Lipinski definition) is 11. The van der Waals surface area contributed by atoms with E-state index in [0.717, 1.165) is 0 Å². The molecule has 0 aliphatic rings. The molecule has 1 heterocycles. The Balaban J connectivity index is 2.66. The molecular weight excluding hydrogens is 370 g/mol. The highest BCUT2D eigenvalue weighted by atomic mass is 16.3. The molecule has 27 heavy (non-hydrogen) atoms. The number of aromatic amines is 1. The average Bonchev–Trinajstić information content (AvgIpc) is 2.62. The zero-order chi connectivity index (χ0) is 20.4. The fourth-order valence-corrected chi connectivity index (χ4v) is 2.68. The van der Waals surface area contributed by atoms with Crippen molar-refractivity contribution in [2.75, 3.05) is 0 Å². The van der Waals surface area contributed by atoms with Crippen molar-refractivity contribution < 1.29 is 51.1 Å². The molecule has 12 nitrogen and oxygen atoms in total. The number of phenols is 7. The second-order valence-electron chi connectivity index (χ2n) is 5.44. The van der Waals surface area contributed by atoms with Crippen molar-refractivity contribution in [2.45, 2.75) is 0 Å². The van der Waals surface area contributed by atoms with E-state index in [1.807, 2.05) is 0 Å². The van der Waals surface area contributed by atoms with Crippen LogP contribution in [0.25, 0.3) is 21.9 Å². The van der Waals surface area contributed by atoms with Crippen LogP contribution in [0.3, 0.4) is 0 Å². The van der Waals surface area contributed by atoms with E-state index in [2.05, 4.69) is 0 Å². The van der Waals surface area contributed by atoms with Crippen LogP contribution >= 0.6 is 0 Å². The van der Waals surface area contributed by atoms with Gasteiger partial charge in [0.05, 0.1) is 21.9 Å². The fourth-order valence-electron chi connectivity index (χ4n) is 2.68. The van der Waals surface area contributed by atoms with E-state index in [1.165, 1.54) is 0 Å². The first-order chi connectivity index (χ1) is 12.5. The van der Waals surface area contributed by atoms with Crippen LogP contribution in [-0.4, -0.2) is 56.0 Å². The minimum Gasteiger partial charge on any atom is -0.506 e. The molecule has 0 bridgehead atoms. The van der Waals surface area contributed by atoms with Crippen molar-refractivity contribution >= 4 is 10.8 Å². The number of rotatable bonds is 1. The van der Waals surface area contributed by atoms with Crippen molar-refractivity contribution in [2.24, 2.45) is 0 Å². The number of benzene rings is 2. The Labute approximate surface area is 146 Å². The number of pyridine rings is 1. The van der Waals surface area contributed by atoms with Crippen molar-refractivity contribution in [1.82, 2.24) is 4.98 Å². The highest BCUT2D eigenvalue weighted by Crippen LogP contribution is 2.60. The monoisotopic (exact) mass is 381 g/mol. The molecule has 0 fully saturated rings. The van der Waals surface area contributed by atoms with Gasteiger partial charge in [-0.25, -0.2) is 0 Å². The fraction of sp³-hybridized carbons (Fsp3) is 0. The molecule has 0 unspecified atom stereocenters. The minimum atomic E-state index is -1.35. The molecule has 0 amide bonds. The maximum absolute atomic E-state index is 11.6. The predicted molar refractivity (Wildman–Crippen MR) is 86.7 cm³/mol. The second-order valence-corrected chi connectivity index (χ2v) is 5.44. The smallest absolute Gasteiger partial charge is 0.293 e. The quantitative estimate of drug-likeness (QED) is 0.202. The van der Waals surface area contributed by atoms with E-state index >= 15 is 0 Å². The topological polar surface area (TPSA) is 235 Å². The third-order valence-electron chi connectivity index (χ3n) is 3.96. The highest BCUT2D eigenvalue weighted by Gasteiger charge is 2.32. The Morgan fingerprint density at radius 2 is 0.852 bits per heavy atom. The lowest BCUT2D eigenvalue weighted by Crippen LogP contribution is -2.06. The summed E-state index contributed by atoms with van der Waals surface area (Å²) in [5.74, 6) is -12.5. The summed E-state index contributed by atoms with van der Waals surface area (Å²) in [6.45, 7) is 0. The van der Waals surface area contributed by atoms with Crippen LogP contribution in [-0.2, 0) is 0 Å². The van der Waals surface area contributed by atoms with Gasteiger partial charge < -0.3 is 51.1 Å². The first kappa shape index (κ1) is 17.5. The van der Waals surface area contributed by atoms with E-state index in [-0.39, 0.29) is 0 Å². The van der Waals surface area contributed by atoms with Crippen LogP contribution in [0, 0.1) is 0 Å². The summed E-state index contributed by atoms with van der Waals surface area (Å²) in [6, 6.07) is 0. The summed E-state index contributed by atoms with van der Waals surface area (Å²) in [7, 11) is 0. The van der Waals surface area contributed by atoms with Crippen LogP contribution in [0.5, 0.6) is 57.6 Å². The van der Waals surface area contributed by atoms with Gasteiger partial charge in [0.25, 0.3) is 5.56 Å². The molecule has 0 saturated carbocycles. The summed E-state index contributed by atoms with van der Waals surface area (Å²) in [5, 5.41) is 97.2. The number of aromatic nitrogens is 1. The molecule has 3 rings (SSSR count). The number of hydrogen-bond acceptors (Lipinski definition) is 11. The Morgan fingerprint density at radius 1 is 0.444 bits per heavy atom. The SMILES string of the molecule is O=c1[nH]c(O)c(O)c(-c2c(O)c(O)c3c(O)c(O)c(O)c(O)c3c2O)c1O. The highest BCUT2D eigenvalue weighted by molar-refractivity contribution is 6.11. The van der Waals surface area contributed by atoms with Crippen LogP contribution in [0.15, 0.2) is 4.79 Å². The average molecular weight is 381 g/mol.